The Balaban J connectivity index is 2.57. The molecule has 0 spiro atoms. The summed E-state index contributed by atoms with van der Waals surface area (Å²) < 4.78 is 23.7. The molecule has 0 aliphatic carbocycles. The van der Waals surface area contributed by atoms with Gasteiger partial charge in [0.2, 0.25) is 0 Å². The van der Waals surface area contributed by atoms with Crippen LogP contribution in [0.4, 0.5) is 0 Å². The van der Waals surface area contributed by atoms with Gasteiger partial charge in [-0.15, -0.1) is 5.10 Å². The molecular formula is C8H7ClN4O2S. The Kier molecular flexibility index (Phi) is 2.64. The maximum atomic E-state index is 11.1. The molecule has 0 aliphatic rings. The molecule has 1 heterocycles. The van der Waals surface area contributed by atoms with Crippen LogP contribution in [0, 0.1) is 6.92 Å². The summed E-state index contributed by atoms with van der Waals surface area (Å²) >= 11 is 0. The standard InChI is InChI=1S/C8H7ClN4O2S/c1-6-10-11-12-13(6)7-3-2-4-8(5-7)16(9,14)15/h2-5H,1H3. The van der Waals surface area contributed by atoms with Gasteiger partial charge < -0.3 is 0 Å². The largest absolute Gasteiger partial charge is 0.261 e. The minimum Gasteiger partial charge on any atom is -0.207 e. The molecule has 0 bridgehead atoms. The predicted molar refractivity (Wildman–Crippen MR) is 56.9 cm³/mol. The van der Waals surface area contributed by atoms with Crippen molar-refractivity contribution in [2.45, 2.75) is 11.8 Å². The Morgan fingerprint density at radius 2 is 2.12 bits per heavy atom. The van der Waals surface area contributed by atoms with Crippen LogP contribution in [0.2, 0.25) is 0 Å². The van der Waals surface area contributed by atoms with Gasteiger partial charge in [-0.1, -0.05) is 6.07 Å². The van der Waals surface area contributed by atoms with Crippen molar-refractivity contribution in [3.05, 3.63) is 30.1 Å². The first-order chi connectivity index (χ1) is 7.48. The van der Waals surface area contributed by atoms with Crippen molar-refractivity contribution in [1.82, 2.24) is 20.2 Å². The van der Waals surface area contributed by atoms with Crippen LogP contribution >= 0.6 is 10.7 Å². The highest BCUT2D eigenvalue weighted by atomic mass is 35.7. The number of hydrogen-bond acceptors (Lipinski definition) is 5. The quantitative estimate of drug-likeness (QED) is 0.748. The van der Waals surface area contributed by atoms with E-state index in [1.165, 1.54) is 16.8 Å². The van der Waals surface area contributed by atoms with Gasteiger partial charge in [0.05, 0.1) is 10.6 Å². The summed E-state index contributed by atoms with van der Waals surface area (Å²) in [5.74, 6) is 0.559. The molecule has 84 valence electrons. The van der Waals surface area contributed by atoms with Crippen LogP contribution in [0.25, 0.3) is 5.69 Å². The molecule has 0 saturated carbocycles. The van der Waals surface area contributed by atoms with Crippen molar-refractivity contribution in [3.63, 3.8) is 0 Å². The van der Waals surface area contributed by atoms with Gasteiger partial charge in [0.1, 0.15) is 0 Å². The summed E-state index contributed by atoms with van der Waals surface area (Å²) in [6.45, 7) is 1.71. The lowest BCUT2D eigenvalue weighted by molar-refractivity contribution is 0.609. The Morgan fingerprint density at radius 3 is 2.69 bits per heavy atom. The van der Waals surface area contributed by atoms with Crippen molar-refractivity contribution in [3.8, 4) is 5.69 Å². The maximum Gasteiger partial charge on any atom is 0.261 e. The monoisotopic (exact) mass is 258 g/mol. The van der Waals surface area contributed by atoms with E-state index in [1.807, 2.05) is 0 Å². The Morgan fingerprint density at radius 1 is 1.38 bits per heavy atom. The van der Waals surface area contributed by atoms with Crippen LogP contribution in [-0.2, 0) is 9.05 Å². The van der Waals surface area contributed by atoms with Crippen molar-refractivity contribution in [2.24, 2.45) is 0 Å². The lowest BCUT2D eigenvalue weighted by Crippen LogP contribution is -2.01. The molecule has 2 aromatic rings. The van der Waals surface area contributed by atoms with Crippen molar-refractivity contribution in [2.75, 3.05) is 0 Å². The summed E-state index contributed by atoms with van der Waals surface area (Å²) in [7, 11) is 1.50. The van der Waals surface area contributed by atoms with E-state index in [2.05, 4.69) is 15.5 Å². The average molecular weight is 259 g/mol. The second-order valence-electron chi connectivity index (χ2n) is 3.07. The molecule has 1 aromatic carbocycles. The van der Waals surface area contributed by atoms with E-state index in [9.17, 15) is 8.42 Å². The summed E-state index contributed by atoms with van der Waals surface area (Å²) in [5.41, 5.74) is 0.546. The molecule has 0 atom stereocenters. The molecule has 0 radical (unpaired) electrons. The van der Waals surface area contributed by atoms with Crippen LogP contribution < -0.4 is 0 Å². The van der Waals surface area contributed by atoms with Gasteiger partial charge in [0.15, 0.2) is 5.82 Å². The predicted octanol–water partition coefficient (Wildman–Crippen LogP) is 0.898. The zero-order chi connectivity index (χ0) is 11.8. The Labute approximate surface area is 96.3 Å². The second kappa shape index (κ2) is 3.84. The third-order valence-corrected chi connectivity index (χ3v) is 3.32. The van der Waals surface area contributed by atoms with Crippen molar-refractivity contribution >= 4 is 19.7 Å². The number of nitrogens with zero attached hydrogens (tertiary/aromatic N) is 4. The summed E-state index contributed by atoms with van der Waals surface area (Å²) in [6, 6.07) is 6.08. The molecule has 0 N–H and O–H groups in total. The molecule has 2 rings (SSSR count). The lowest BCUT2D eigenvalue weighted by Gasteiger charge is -2.02. The minimum absolute atomic E-state index is 0.0153. The van der Waals surface area contributed by atoms with Gasteiger partial charge in [-0.2, -0.15) is 4.68 Å². The van der Waals surface area contributed by atoms with Gasteiger partial charge >= 0.3 is 0 Å². The highest BCUT2D eigenvalue weighted by Crippen LogP contribution is 2.18. The molecule has 8 heteroatoms. The number of hydrogen-bond donors (Lipinski definition) is 0. The molecule has 0 saturated heterocycles. The zero-order valence-electron chi connectivity index (χ0n) is 8.20. The number of tetrazole rings is 1. The molecule has 16 heavy (non-hydrogen) atoms. The third kappa shape index (κ3) is 2.05. The van der Waals surface area contributed by atoms with E-state index in [0.717, 1.165) is 0 Å². The molecule has 0 aliphatic heterocycles. The zero-order valence-corrected chi connectivity index (χ0v) is 9.77. The first-order valence-electron chi connectivity index (χ1n) is 4.28. The van der Waals surface area contributed by atoms with Crippen LogP contribution in [0.1, 0.15) is 5.82 Å². The first kappa shape index (κ1) is 11.0. The fourth-order valence-electron chi connectivity index (χ4n) is 1.24. The fourth-order valence-corrected chi connectivity index (χ4v) is 2.03. The molecular weight excluding hydrogens is 252 g/mol. The van der Waals surface area contributed by atoms with Crippen LogP contribution in [0.3, 0.4) is 0 Å². The highest BCUT2D eigenvalue weighted by molar-refractivity contribution is 8.13. The van der Waals surface area contributed by atoms with Crippen molar-refractivity contribution < 1.29 is 8.42 Å². The highest BCUT2D eigenvalue weighted by Gasteiger charge is 2.12. The molecule has 1 aromatic heterocycles. The smallest absolute Gasteiger partial charge is 0.207 e. The number of benzene rings is 1. The van der Waals surface area contributed by atoms with Crippen LogP contribution in [0.15, 0.2) is 29.2 Å². The number of aryl methyl sites for hydroxylation is 1. The van der Waals surface area contributed by atoms with Gasteiger partial charge in [0, 0.05) is 10.7 Å². The molecule has 0 unspecified atom stereocenters. The number of aromatic nitrogens is 4. The Bertz CT molecular complexity index is 622. The van der Waals surface area contributed by atoms with Crippen molar-refractivity contribution in [1.29, 1.82) is 0 Å². The van der Waals surface area contributed by atoms with E-state index in [4.69, 9.17) is 10.7 Å². The van der Waals surface area contributed by atoms with E-state index in [1.54, 1.807) is 19.1 Å². The summed E-state index contributed by atoms with van der Waals surface area (Å²) in [4.78, 5) is 0.0153. The van der Waals surface area contributed by atoms with Gasteiger partial charge in [0.25, 0.3) is 9.05 Å². The van der Waals surface area contributed by atoms with Gasteiger partial charge in [-0.05, 0) is 35.5 Å². The molecule has 0 amide bonds. The average Bonchev–Trinajstić information content (AvgIpc) is 2.63. The van der Waals surface area contributed by atoms with E-state index >= 15 is 0 Å². The number of rotatable bonds is 2. The topological polar surface area (TPSA) is 77.7 Å². The fraction of sp³-hybridized carbons (Fsp3) is 0.125. The number of halogens is 1. The normalized spacial score (nSPS) is 11.6. The molecule has 6 nitrogen and oxygen atoms in total. The second-order valence-corrected chi connectivity index (χ2v) is 5.64. The van der Waals surface area contributed by atoms with Crippen LogP contribution in [0.5, 0.6) is 0 Å². The minimum atomic E-state index is -3.74. The van der Waals surface area contributed by atoms with E-state index < -0.39 is 9.05 Å². The maximum absolute atomic E-state index is 11.1. The van der Waals surface area contributed by atoms with E-state index in [0.29, 0.717) is 11.5 Å². The van der Waals surface area contributed by atoms with Gasteiger partial charge in [-0.25, -0.2) is 8.42 Å². The lowest BCUT2D eigenvalue weighted by atomic mass is 10.3. The van der Waals surface area contributed by atoms with Gasteiger partial charge in [-0.3, -0.25) is 0 Å². The first-order valence-corrected chi connectivity index (χ1v) is 6.59. The molecule has 0 fully saturated rings. The summed E-state index contributed by atoms with van der Waals surface area (Å²) in [5, 5.41) is 10.9. The van der Waals surface area contributed by atoms with Crippen LogP contribution in [-0.4, -0.2) is 28.6 Å². The summed E-state index contributed by atoms with van der Waals surface area (Å²) in [6.07, 6.45) is 0. The third-order valence-electron chi connectivity index (χ3n) is 1.97. The Hall–Kier alpha value is -1.47. The van der Waals surface area contributed by atoms with E-state index in [-0.39, 0.29) is 4.90 Å². The SMILES string of the molecule is Cc1nnnn1-c1cccc(S(=O)(=O)Cl)c1.